The number of aliphatic hydroxyl groups is 1. The first-order valence-electron chi connectivity index (χ1n) is 6.55. The third kappa shape index (κ3) is 4.97. The van der Waals surface area contributed by atoms with E-state index in [9.17, 15) is 18.7 Å². The van der Waals surface area contributed by atoms with E-state index in [0.29, 0.717) is 16.7 Å². The number of hydrogen-bond acceptors (Lipinski definition) is 3. The largest absolute Gasteiger partial charge is 0.434 e. The van der Waals surface area contributed by atoms with Gasteiger partial charge in [-0.3, -0.25) is 4.79 Å². The summed E-state index contributed by atoms with van der Waals surface area (Å²) in [6, 6.07) is 3.02. The molecule has 1 aromatic rings. The number of nitrogens with zero attached hydrogens (tertiary/aromatic N) is 1. The van der Waals surface area contributed by atoms with E-state index in [2.05, 4.69) is 4.74 Å². The second-order valence-electron chi connectivity index (χ2n) is 5.79. The van der Waals surface area contributed by atoms with Crippen LogP contribution in [0.5, 0.6) is 5.75 Å². The zero-order valence-electron chi connectivity index (χ0n) is 12.9. The smallest absolute Gasteiger partial charge is 0.387 e. The van der Waals surface area contributed by atoms with Gasteiger partial charge in [0.2, 0.25) is 0 Å². The highest BCUT2D eigenvalue weighted by Gasteiger charge is 2.22. The molecule has 1 rings (SSSR count). The Morgan fingerprint density at radius 3 is 2.19 bits per heavy atom. The molecule has 0 aliphatic carbocycles. The molecule has 1 amide bonds. The topological polar surface area (TPSA) is 49.8 Å². The van der Waals surface area contributed by atoms with Gasteiger partial charge in [-0.2, -0.15) is 8.78 Å². The van der Waals surface area contributed by atoms with Gasteiger partial charge < -0.3 is 14.7 Å². The monoisotopic (exact) mass is 301 g/mol. The molecule has 0 aromatic heterocycles. The number of amides is 1. The van der Waals surface area contributed by atoms with Crippen LogP contribution in [0.15, 0.2) is 12.1 Å². The first-order chi connectivity index (χ1) is 9.51. The first-order valence-corrected chi connectivity index (χ1v) is 6.55. The van der Waals surface area contributed by atoms with Crippen molar-refractivity contribution in [2.75, 3.05) is 13.6 Å². The summed E-state index contributed by atoms with van der Waals surface area (Å²) in [4.78, 5) is 13.7. The SMILES string of the molecule is Cc1cc(C(=O)N(C)CC(C)(C)O)cc(C)c1OC(F)F. The number of likely N-dealkylation sites (N-methyl/N-ethyl adjacent to an activating group) is 1. The molecule has 1 aromatic carbocycles. The van der Waals surface area contributed by atoms with Crippen molar-refractivity contribution < 1.29 is 23.4 Å². The molecule has 0 radical (unpaired) electrons. The fourth-order valence-electron chi connectivity index (χ4n) is 2.22. The quantitative estimate of drug-likeness (QED) is 0.910. The Morgan fingerprint density at radius 1 is 1.33 bits per heavy atom. The summed E-state index contributed by atoms with van der Waals surface area (Å²) in [5.41, 5.74) is 0.303. The molecule has 0 spiro atoms. The summed E-state index contributed by atoms with van der Waals surface area (Å²) in [7, 11) is 1.58. The Labute approximate surface area is 123 Å². The summed E-state index contributed by atoms with van der Waals surface area (Å²) in [6.07, 6.45) is 0. The Bertz CT molecular complexity index is 501. The predicted octanol–water partition coefficient (Wildman–Crippen LogP) is 2.75. The summed E-state index contributed by atoms with van der Waals surface area (Å²) in [6.45, 7) is 3.69. The van der Waals surface area contributed by atoms with Gasteiger partial charge in [0.05, 0.1) is 5.60 Å². The molecule has 0 aliphatic heterocycles. The summed E-state index contributed by atoms with van der Waals surface area (Å²) >= 11 is 0. The zero-order chi connectivity index (χ0) is 16.4. The molecule has 0 saturated carbocycles. The van der Waals surface area contributed by atoms with Crippen LogP contribution in [0, 0.1) is 13.8 Å². The van der Waals surface area contributed by atoms with E-state index in [1.165, 1.54) is 17.0 Å². The number of halogens is 2. The van der Waals surface area contributed by atoms with Crippen LogP contribution in [-0.4, -0.2) is 41.7 Å². The van der Waals surface area contributed by atoms with Crippen molar-refractivity contribution in [2.45, 2.75) is 39.9 Å². The second-order valence-corrected chi connectivity index (χ2v) is 5.79. The lowest BCUT2D eigenvalue weighted by Gasteiger charge is -2.26. The highest BCUT2D eigenvalue weighted by Crippen LogP contribution is 2.27. The first kappa shape index (κ1) is 17.4. The van der Waals surface area contributed by atoms with Crippen LogP contribution in [0.4, 0.5) is 8.78 Å². The molecule has 0 saturated heterocycles. The maximum atomic E-state index is 12.3. The van der Waals surface area contributed by atoms with Gasteiger partial charge in [-0.1, -0.05) is 0 Å². The molecule has 0 atom stereocenters. The minimum atomic E-state index is -2.90. The van der Waals surface area contributed by atoms with Crippen LogP contribution in [0.25, 0.3) is 0 Å². The maximum Gasteiger partial charge on any atom is 0.387 e. The van der Waals surface area contributed by atoms with Crippen molar-refractivity contribution in [3.8, 4) is 5.75 Å². The number of ether oxygens (including phenoxy) is 1. The average Bonchev–Trinajstić information content (AvgIpc) is 2.30. The lowest BCUT2D eigenvalue weighted by molar-refractivity contribution is -0.0507. The molecule has 0 heterocycles. The van der Waals surface area contributed by atoms with E-state index in [1.807, 2.05) is 0 Å². The van der Waals surface area contributed by atoms with Gasteiger partial charge >= 0.3 is 6.61 Å². The average molecular weight is 301 g/mol. The van der Waals surface area contributed by atoms with E-state index in [0.717, 1.165) is 0 Å². The lowest BCUT2D eigenvalue weighted by Crippen LogP contribution is -2.39. The van der Waals surface area contributed by atoms with Crippen molar-refractivity contribution >= 4 is 5.91 Å². The maximum absolute atomic E-state index is 12.3. The van der Waals surface area contributed by atoms with Crippen LogP contribution in [0.2, 0.25) is 0 Å². The number of carbonyl (C=O) groups is 1. The standard InChI is InChI=1S/C15H21F2NO3/c1-9-6-11(7-10(2)12(9)21-14(16)17)13(19)18(5)8-15(3,4)20/h6-7,14,20H,8H2,1-5H3. The minimum Gasteiger partial charge on any atom is -0.434 e. The Hall–Kier alpha value is -1.69. The molecular formula is C15H21F2NO3. The molecular weight excluding hydrogens is 280 g/mol. The molecule has 0 fully saturated rings. The van der Waals surface area contributed by atoms with E-state index in [1.54, 1.807) is 34.7 Å². The minimum absolute atomic E-state index is 0.0895. The van der Waals surface area contributed by atoms with Gasteiger partial charge in [0.1, 0.15) is 5.75 Å². The fourth-order valence-corrected chi connectivity index (χ4v) is 2.22. The Balaban J connectivity index is 3.02. The van der Waals surface area contributed by atoms with E-state index < -0.39 is 12.2 Å². The van der Waals surface area contributed by atoms with Crippen LogP contribution < -0.4 is 4.74 Å². The van der Waals surface area contributed by atoms with Crippen molar-refractivity contribution in [3.63, 3.8) is 0 Å². The van der Waals surface area contributed by atoms with Crippen molar-refractivity contribution in [1.29, 1.82) is 0 Å². The third-order valence-corrected chi connectivity index (χ3v) is 2.89. The highest BCUT2D eigenvalue weighted by atomic mass is 19.3. The highest BCUT2D eigenvalue weighted by molar-refractivity contribution is 5.94. The number of aryl methyl sites for hydroxylation is 2. The number of rotatable bonds is 5. The number of carbonyl (C=O) groups excluding carboxylic acids is 1. The zero-order valence-corrected chi connectivity index (χ0v) is 12.9. The van der Waals surface area contributed by atoms with E-state index in [4.69, 9.17) is 0 Å². The Kier molecular flexibility index (Phi) is 5.28. The predicted molar refractivity (Wildman–Crippen MR) is 75.8 cm³/mol. The Morgan fingerprint density at radius 2 is 1.81 bits per heavy atom. The van der Waals surface area contributed by atoms with Crippen LogP contribution in [0.1, 0.15) is 35.3 Å². The number of hydrogen-bond donors (Lipinski definition) is 1. The lowest BCUT2D eigenvalue weighted by atomic mass is 10.0. The van der Waals surface area contributed by atoms with Gasteiger partial charge in [0.25, 0.3) is 5.91 Å². The fraction of sp³-hybridized carbons (Fsp3) is 0.533. The van der Waals surface area contributed by atoms with Gasteiger partial charge in [-0.15, -0.1) is 0 Å². The molecule has 0 bridgehead atoms. The van der Waals surface area contributed by atoms with Crippen LogP contribution in [0.3, 0.4) is 0 Å². The second kappa shape index (κ2) is 6.39. The molecule has 4 nitrogen and oxygen atoms in total. The van der Waals surface area contributed by atoms with Gasteiger partial charge in [-0.25, -0.2) is 0 Å². The number of benzene rings is 1. The third-order valence-electron chi connectivity index (χ3n) is 2.89. The van der Waals surface area contributed by atoms with E-state index >= 15 is 0 Å². The summed E-state index contributed by atoms with van der Waals surface area (Å²) in [5.74, 6) is -0.196. The molecule has 6 heteroatoms. The molecule has 21 heavy (non-hydrogen) atoms. The van der Waals surface area contributed by atoms with Gasteiger partial charge in [-0.05, 0) is 51.0 Å². The van der Waals surface area contributed by atoms with Crippen LogP contribution >= 0.6 is 0 Å². The number of alkyl halides is 2. The van der Waals surface area contributed by atoms with Crippen molar-refractivity contribution in [1.82, 2.24) is 4.90 Å². The van der Waals surface area contributed by atoms with Crippen molar-refractivity contribution in [3.05, 3.63) is 28.8 Å². The molecule has 0 unspecified atom stereocenters. The summed E-state index contributed by atoms with van der Waals surface area (Å²) < 4.78 is 29.1. The van der Waals surface area contributed by atoms with Gasteiger partial charge in [0.15, 0.2) is 0 Å². The molecule has 1 N–H and O–H groups in total. The summed E-state index contributed by atoms with van der Waals surface area (Å²) in [5, 5.41) is 9.74. The van der Waals surface area contributed by atoms with E-state index in [-0.39, 0.29) is 18.2 Å². The van der Waals surface area contributed by atoms with Crippen molar-refractivity contribution in [2.24, 2.45) is 0 Å². The van der Waals surface area contributed by atoms with Gasteiger partial charge in [0, 0.05) is 19.2 Å². The van der Waals surface area contributed by atoms with Crippen LogP contribution in [-0.2, 0) is 0 Å². The normalized spacial score (nSPS) is 11.7. The molecule has 118 valence electrons. The molecule has 0 aliphatic rings.